The number of fused-ring (bicyclic) bond motifs is 1. The average molecular weight is 362 g/mol. The van der Waals surface area contributed by atoms with Gasteiger partial charge in [0.25, 0.3) is 10.0 Å². The van der Waals surface area contributed by atoms with E-state index in [-0.39, 0.29) is 11.4 Å². The SMILES string of the molecule is CCNc1c(NS(=O)(=O)c2ccccc2F)c(=O)oc2ccccc12. The molecule has 0 saturated carbocycles. The topological polar surface area (TPSA) is 88.4 Å². The highest BCUT2D eigenvalue weighted by Gasteiger charge is 2.23. The van der Waals surface area contributed by atoms with E-state index in [0.717, 1.165) is 12.1 Å². The Kier molecular flexibility index (Phi) is 4.45. The molecule has 2 aromatic carbocycles. The maximum atomic E-state index is 13.9. The Balaban J connectivity index is 2.19. The van der Waals surface area contributed by atoms with Crippen LogP contribution in [0.1, 0.15) is 6.92 Å². The number of rotatable bonds is 5. The van der Waals surface area contributed by atoms with Gasteiger partial charge < -0.3 is 9.73 Å². The highest BCUT2D eigenvalue weighted by Crippen LogP contribution is 2.30. The zero-order valence-electron chi connectivity index (χ0n) is 13.2. The summed E-state index contributed by atoms with van der Waals surface area (Å²) in [6.07, 6.45) is 0. The van der Waals surface area contributed by atoms with Crippen LogP contribution in [-0.4, -0.2) is 15.0 Å². The fourth-order valence-electron chi connectivity index (χ4n) is 2.45. The second-order valence-corrected chi connectivity index (χ2v) is 6.85. The van der Waals surface area contributed by atoms with E-state index in [4.69, 9.17) is 4.42 Å². The molecule has 0 aliphatic rings. The van der Waals surface area contributed by atoms with Gasteiger partial charge >= 0.3 is 5.63 Å². The van der Waals surface area contributed by atoms with Crippen molar-refractivity contribution in [3.63, 3.8) is 0 Å². The first-order valence-corrected chi connectivity index (χ1v) is 8.99. The summed E-state index contributed by atoms with van der Waals surface area (Å²) in [5.74, 6) is -0.912. The zero-order valence-corrected chi connectivity index (χ0v) is 14.1. The number of nitrogens with one attached hydrogen (secondary N) is 2. The van der Waals surface area contributed by atoms with Gasteiger partial charge in [0, 0.05) is 11.9 Å². The summed E-state index contributed by atoms with van der Waals surface area (Å²) in [4.78, 5) is 11.7. The minimum atomic E-state index is -4.30. The van der Waals surface area contributed by atoms with Gasteiger partial charge in [0.2, 0.25) is 0 Å². The van der Waals surface area contributed by atoms with Gasteiger partial charge in [0.15, 0.2) is 5.69 Å². The summed E-state index contributed by atoms with van der Waals surface area (Å²) in [6.45, 7) is 2.25. The number of hydrogen-bond donors (Lipinski definition) is 2. The predicted molar refractivity (Wildman–Crippen MR) is 93.9 cm³/mol. The maximum absolute atomic E-state index is 13.9. The number of hydrogen-bond acceptors (Lipinski definition) is 5. The van der Waals surface area contributed by atoms with E-state index in [9.17, 15) is 17.6 Å². The Morgan fingerprint density at radius 1 is 1.04 bits per heavy atom. The molecule has 1 heterocycles. The van der Waals surface area contributed by atoms with Crippen molar-refractivity contribution in [1.82, 2.24) is 0 Å². The second-order valence-electron chi connectivity index (χ2n) is 5.20. The minimum Gasteiger partial charge on any atom is -0.421 e. The molecular formula is C17H15FN2O4S. The molecule has 0 saturated heterocycles. The van der Waals surface area contributed by atoms with Crippen LogP contribution < -0.4 is 15.7 Å². The first kappa shape index (κ1) is 17.0. The third kappa shape index (κ3) is 3.20. The molecule has 0 bridgehead atoms. The van der Waals surface area contributed by atoms with Gasteiger partial charge in [-0.1, -0.05) is 24.3 Å². The molecular weight excluding hydrogens is 347 g/mol. The van der Waals surface area contributed by atoms with Gasteiger partial charge in [-0.3, -0.25) is 4.72 Å². The van der Waals surface area contributed by atoms with Crippen molar-refractivity contribution in [2.24, 2.45) is 0 Å². The molecule has 0 unspecified atom stereocenters. The van der Waals surface area contributed by atoms with Crippen LogP contribution in [0.4, 0.5) is 15.8 Å². The summed E-state index contributed by atoms with van der Waals surface area (Å²) < 4.78 is 46.2. The first-order valence-electron chi connectivity index (χ1n) is 7.51. The summed E-state index contributed by atoms with van der Waals surface area (Å²) in [6, 6.07) is 11.6. The lowest BCUT2D eigenvalue weighted by Gasteiger charge is -2.14. The summed E-state index contributed by atoms with van der Waals surface area (Å²) in [5, 5.41) is 3.51. The van der Waals surface area contributed by atoms with Crippen molar-refractivity contribution in [2.75, 3.05) is 16.6 Å². The molecule has 3 aromatic rings. The summed E-state index contributed by atoms with van der Waals surface area (Å²) in [5.41, 5.74) is -0.551. The van der Waals surface area contributed by atoms with Crippen molar-refractivity contribution >= 4 is 32.4 Å². The van der Waals surface area contributed by atoms with E-state index in [2.05, 4.69) is 10.0 Å². The van der Waals surface area contributed by atoms with E-state index < -0.39 is 26.4 Å². The molecule has 0 aliphatic heterocycles. The van der Waals surface area contributed by atoms with E-state index in [0.29, 0.717) is 17.5 Å². The molecule has 1 aromatic heterocycles. The molecule has 25 heavy (non-hydrogen) atoms. The Labute approximate surface area is 143 Å². The van der Waals surface area contributed by atoms with Crippen LogP contribution in [0.2, 0.25) is 0 Å². The second kappa shape index (κ2) is 6.56. The molecule has 3 rings (SSSR count). The lowest BCUT2D eigenvalue weighted by atomic mass is 10.2. The Hall–Kier alpha value is -2.87. The smallest absolute Gasteiger partial charge is 0.363 e. The van der Waals surface area contributed by atoms with E-state index in [1.807, 2.05) is 0 Å². The van der Waals surface area contributed by atoms with Crippen LogP contribution in [0.15, 0.2) is 62.6 Å². The van der Waals surface area contributed by atoms with Gasteiger partial charge in [-0.2, -0.15) is 0 Å². The zero-order chi connectivity index (χ0) is 18.0. The first-order chi connectivity index (χ1) is 11.9. The Bertz CT molecular complexity index is 1090. The minimum absolute atomic E-state index is 0.286. The summed E-state index contributed by atoms with van der Waals surface area (Å²) >= 11 is 0. The normalized spacial score (nSPS) is 11.4. The fraction of sp³-hybridized carbons (Fsp3) is 0.118. The van der Waals surface area contributed by atoms with Gasteiger partial charge in [0.1, 0.15) is 16.3 Å². The Morgan fingerprint density at radius 2 is 1.72 bits per heavy atom. The largest absolute Gasteiger partial charge is 0.421 e. The Morgan fingerprint density at radius 3 is 2.44 bits per heavy atom. The molecule has 6 nitrogen and oxygen atoms in total. The lowest BCUT2D eigenvalue weighted by molar-refractivity contribution is 0.560. The third-order valence-corrected chi connectivity index (χ3v) is 4.91. The molecule has 0 radical (unpaired) electrons. The van der Waals surface area contributed by atoms with Crippen LogP contribution in [0.3, 0.4) is 0 Å². The van der Waals surface area contributed by atoms with Gasteiger partial charge in [-0.25, -0.2) is 17.6 Å². The highest BCUT2D eigenvalue weighted by atomic mass is 32.2. The van der Waals surface area contributed by atoms with Crippen molar-refractivity contribution in [3.8, 4) is 0 Å². The molecule has 0 atom stereocenters. The van der Waals surface area contributed by atoms with Crippen LogP contribution >= 0.6 is 0 Å². The lowest BCUT2D eigenvalue weighted by Crippen LogP contribution is -2.21. The van der Waals surface area contributed by atoms with Crippen molar-refractivity contribution in [2.45, 2.75) is 11.8 Å². The van der Waals surface area contributed by atoms with Crippen molar-refractivity contribution in [3.05, 3.63) is 64.8 Å². The number of anilines is 2. The van der Waals surface area contributed by atoms with E-state index in [1.165, 1.54) is 12.1 Å². The highest BCUT2D eigenvalue weighted by molar-refractivity contribution is 7.92. The van der Waals surface area contributed by atoms with E-state index >= 15 is 0 Å². The van der Waals surface area contributed by atoms with Crippen molar-refractivity contribution in [1.29, 1.82) is 0 Å². The van der Waals surface area contributed by atoms with Gasteiger partial charge in [-0.05, 0) is 31.2 Å². The molecule has 130 valence electrons. The van der Waals surface area contributed by atoms with Gasteiger partial charge in [-0.15, -0.1) is 0 Å². The third-order valence-electron chi connectivity index (χ3n) is 3.53. The standard InChI is InChI=1S/C17H15FN2O4S/c1-2-19-15-11-7-3-5-9-13(11)24-17(21)16(15)20-25(22,23)14-10-6-4-8-12(14)18/h3-10,19-20H,2H2,1H3. The van der Waals surface area contributed by atoms with Gasteiger partial charge in [0.05, 0.1) is 5.69 Å². The van der Waals surface area contributed by atoms with Crippen LogP contribution in [-0.2, 0) is 10.0 Å². The summed E-state index contributed by atoms with van der Waals surface area (Å²) in [7, 11) is -4.30. The maximum Gasteiger partial charge on any atom is 0.363 e. The molecule has 0 spiro atoms. The number of sulfonamides is 1. The monoisotopic (exact) mass is 362 g/mol. The fourth-order valence-corrected chi connectivity index (χ4v) is 3.60. The van der Waals surface area contributed by atoms with Crippen LogP contribution in [0.5, 0.6) is 0 Å². The van der Waals surface area contributed by atoms with Crippen LogP contribution in [0, 0.1) is 5.82 Å². The number of benzene rings is 2. The number of halogens is 1. The van der Waals surface area contributed by atoms with E-state index in [1.54, 1.807) is 31.2 Å². The number of para-hydroxylation sites is 1. The molecule has 0 aliphatic carbocycles. The molecule has 0 fully saturated rings. The molecule has 0 amide bonds. The predicted octanol–water partition coefficient (Wildman–Crippen LogP) is 3.16. The quantitative estimate of drug-likeness (QED) is 0.681. The molecule has 2 N–H and O–H groups in total. The van der Waals surface area contributed by atoms with Crippen molar-refractivity contribution < 1.29 is 17.2 Å². The van der Waals surface area contributed by atoms with Crippen LogP contribution in [0.25, 0.3) is 11.0 Å². The average Bonchev–Trinajstić information content (AvgIpc) is 2.58. The molecule has 8 heteroatoms.